The second kappa shape index (κ2) is 8.17. The minimum atomic E-state index is -3.73. The van der Waals surface area contributed by atoms with Crippen molar-refractivity contribution in [2.45, 2.75) is 31.3 Å². The van der Waals surface area contributed by atoms with Crippen molar-refractivity contribution in [2.24, 2.45) is 0 Å². The van der Waals surface area contributed by atoms with E-state index in [0.717, 1.165) is 22.4 Å². The number of aromatic nitrogens is 1. The molecular formula is C20H24N2O5S2. The first kappa shape index (κ1) is 21.4. The molecule has 9 heteroatoms. The number of ether oxygens (including phenoxy) is 2. The molecule has 0 fully saturated rings. The predicted octanol–water partition coefficient (Wildman–Crippen LogP) is 3.48. The Labute approximate surface area is 174 Å². The van der Waals surface area contributed by atoms with E-state index in [0.29, 0.717) is 16.2 Å². The standard InChI is InChI=1S/C20H24N2O5S2/c1-13(2)22-16-8-7-15(11-19(16)28-20(22)23)29(24,25)21(3)12-14-6-9-17(26-4)18(10-14)27-5/h6-11,13H,12H2,1-5H3. The molecule has 156 valence electrons. The molecule has 3 aromatic rings. The van der Waals surface area contributed by atoms with Crippen LogP contribution in [0.1, 0.15) is 25.5 Å². The topological polar surface area (TPSA) is 77.8 Å². The first-order valence-electron chi connectivity index (χ1n) is 9.01. The number of hydrogen-bond donors (Lipinski definition) is 0. The molecule has 0 bridgehead atoms. The van der Waals surface area contributed by atoms with Crippen LogP contribution in [-0.2, 0) is 16.6 Å². The summed E-state index contributed by atoms with van der Waals surface area (Å²) in [6.07, 6.45) is 0. The van der Waals surface area contributed by atoms with Gasteiger partial charge in [-0.3, -0.25) is 9.36 Å². The highest BCUT2D eigenvalue weighted by atomic mass is 32.2. The smallest absolute Gasteiger partial charge is 0.308 e. The lowest BCUT2D eigenvalue weighted by molar-refractivity contribution is 0.354. The van der Waals surface area contributed by atoms with E-state index in [9.17, 15) is 13.2 Å². The van der Waals surface area contributed by atoms with Crippen molar-refractivity contribution in [3.63, 3.8) is 0 Å². The lowest BCUT2D eigenvalue weighted by atomic mass is 10.2. The molecule has 3 rings (SSSR count). The van der Waals surface area contributed by atoms with Crippen LogP contribution < -0.4 is 14.3 Å². The van der Waals surface area contributed by atoms with Gasteiger partial charge in [-0.2, -0.15) is 4.31 Å². The predicted molar refractivity (Wildman–Crippen MR) is 115 cm³/mol. The molecule has 0 spiro atoms. The summed E-state index contributed by atoms with van der Waals surface area (Å²) in [5.41, 5.74) is 1.52. The number of rotatable bonds is 7. The Bertz CT molecular complexity index is 1200. The van der Waals surface area contributed by atoms with Crippen molar-refractivity contribution in [1.29, 1.82) is 0 Å². The van der Waals surface area contributed by atoms with Crippen LogP contribution in [0.4, 0.5) is 0 Å². The molecule has 0 saturated carbocycles. The zero-order valence-corrected chi connectivity index (χ0v) is 18.6. The Morgan fingerprint density at radius 3 is 2.38 bits per heavy atom. The number of methoxy groups -OCH3 is 2. The summed E-state index contributed by atoms with van der Waals surface area (Å²) in [6, 6.07) is 10.1. The molecule has 29 heavy (non-hydrogen) atoms. The molecule has 0 atom stereocenters. The minimum absolute atomic E-state index is 0.00596. The summed E-state index contributed by atoms with van der Waals surface area (Å²) in [4.78, 5) is 12.3. The molecule has 0 N–H and O–H groups in total. The first-order chi connectivity index (χ1) is 13.7. The fourth-order valence-corrected chi connectivity index (χ4v) is 5.48. The van der Waals surface area contributed by atoms with E-state index in [2.05, 4.69) is 0 Å². The van der Waals surface area contributed by atoms with E-state index in [4.69, 9.17) is 9.47 Å². The van der Waals surface area contributed by atoms with Crippen molar-refractivity contribution in [3.05, 3.63) is 51.6 Å². The van der Waals surface area contributed by atoms with Gasteiger partial charge in [-0.25, -0.2) is 8.42 Å². The van der Waals surface area contributed by atoms with Gasteiger partial charge in [-0.1, -0.05) is 17.4 Å². The van der Waals surface area contributed by atoms with Crippen molar-refractivity contribution in [2.75, 3.05) is 21.3 Å². The van der Waals surface area contributed by atoms with Gasteiger partial charge in [0.2, 0.25) is 10.0 Å². The van der Waals surface area contributed by atoms with Crippen LogP contribution in [0.2, 0.25) is 0 Å². The van der Waals surface area contributed by atoms with Gasteiger partial charge in [0, 0.05) is 19.6 Å². The van der Waals surface area contributed by atoms with E-state index >= 15 is 0 Å². The van der Waals surface area contributed by atoms with Gasteiger partial charge in [-0.05, 0) is 49.7 Å². The summed E-state index contributed by atoms with van der Waals surface area (Å²) in [6.45, 7) is 4.02. The normalized spacial score (nSPS) is 12.1. The van der Waals surface area contributed by atoms with E-state index in [-0.39, 0.29) is 22.4 Å². The lowest BCUT2D eigenvalue weighted by Gasteiger charge is -2.18. The quantitative estimate of drug-likeness (QED) is 0.567. The van der Waals surface area contributed by atoms with E-state index in [1.54, 1.807) is 48.1 Å². The van der Waals surface area contributed by atoms with Crippen LogP contribution in [0.5, 0.6) is 11.5 Å². The number of fused-ring (bicyclic) bond motifs is 1. The van der Waals surface area contributed by atoms with E-state index in [1.165, 1.54) is 18.5 Å². The molecule has 1 heterocycles. The summed E-state index contributed by atoms with van der Waals surface area (Å²) in [5, 5.41) is 0. The Kier molecular flexibility index (Phi) is 6.02. The molecular weight excluding hydrogens is 412 g/mol. The maximum Gasteiger partial charge on any atom is 0.308 e. The van der Waals surface area contributed by atoms with Gasteiger partial charge in [0.25, 0.3) is 0 Å². The second-order valence-electron chi connectivity index (χ2n) is 6.91. The zero-order chi connectivity index (χ0) is 21.3. The molecule has 0 aliphatic rings. The van der Waals surface area contributed by atoms with Crippen molar-refractivity contribution < 1.29 is 17.9 Å². The monoisotopic (exact) mass is 436 g/mol. The lowest BCUT2D eigenvalue weighted by Crippen LogP contribution is -2.26. The van der Waals surface area contributed by atoms with Crippen LogP contribution >= 0.6 is 11.3 Å². The van der Waals surface area contributed by atoms with Crippen molar-refractivity contribution >= 4 is 31.6 Å². The number of benzene rings is 2. The van der Waals surface area contributed by atoms with Crippen LogP contribution in [0.15, 0.2) is 46.1 Å². The van der Waals surface area contributed by atoms with Gasteiger partial charge in [-0.15, -0.1) is 0 Å². The van der Waals surface area contributed by atoms with E-state index < -0.39 is 10.0 Å². The third-order valence-electron chi connectivity index (χ3n) is 4.66. The minimum Gasteiger partial charge on any atom is -0.493 e. The molecule has 2 aromatic carbocycles. The maximum absolute atomic E-state index is 13.1. The number of hydrogen-bond acceptors (Lipinski definition) is 6. The second-order valence-corrected chi connectivity index (χ2v) is 9.95. The highest BCUT2D eigenvalue weighted by molar-refractivity contribution is 7.89. The molecule has 0 unspecified atom stereocenters. The third kappa shape index (κ3) is 4.03. The van der Waals surface area contributed by atoms with Crippen LogP contribution in [0.25, 0.3) is 10.2 Å². The molecule has 0 aliphatic carbocycles. The Hall–Kier alpha value is -2.36. The summed E-state index contributed by atoms with van der Waals surface area (Å²) < 4.78 is 40.3. The van der Waals surface area contributed by atoms with Gasteiger partial charge in [0.1, 0.15) is 0 Å². The zero-order valence-electron chi connectivity index (χ0n) is 17.0. The number of nitrogens with zero attached hydrogens (tertiary/aromatic N) is 2. The van der Waals surface area contributed by atoms with Crippen LogP contribution in [0, 0.1) is 0 Å². The summed E-state index contributed by atoms with van der Waals surface area (Å²) in [5.74, 6) is 1.12. The van der Waals surface area contributed by atoms with Gasteiger partial charge in [0.05, 0.1) is 29.3 Å². The number of sulfonamides is 1. The Morgan fingerprint density at radius 2 is 1.76 bits per heavy atom. The van der Waals surface area contributed by atoms with E-state index in [1.807, 2.05) is 13.8 Å². The maximum atomic E-state index is 13.1. The molecule has 0 aliphatic heterocycles. The van der Waals surface area contributed by atoms with Gasteiger partial charge in [0.15, 0.2) is 11.5 Å². The van der Waals surface area contributed by atoms with Crippen molar-refractivity contribution in [1.82, 2.24) is 8.87 Å². The Morgan fingerprint density at radius 1 is 1.07 bits per heavy atom. The average Bonchev–Trinajstić information content (AvgIpc) is 3.02. The molecule has 7 nitrogen and oxygen atoms in total. The summed E-state index contributed by atoms with van der Waals surface area (Å²) in [7, 11) is 0.875. The SMILES string of the molecule is COc1ccc(CN(C)S(=O)(=O)c2ccc3c(c2)sc(=O)n3C(C)C)cc1OC. The van der Waals surface area contributed by atoms with Gasteiger partial charge < -0.3 is 9.47 Å². The van der Waals surface area contributed by atoms with Gasteiger partial charge >= 0.3 is 4.87 Å². The van der Waals surface area contributed by atoms with Crippen LogP contribution in [0.3, 0.4) is 0 Å². The van der Waals surface area contributed by atoms with Crippen molar-refractivity contribution in [3.8, 4) is 11.5 Å². The largest absolute Gasteiger partial charge is 0.493 e. The molecule has 0 amide bonds. The van der Waals surface area contributed by atoms with Crippen LogP contribution in [-0.4, -0.2) is 38.6 Å². The third-order valence-corrected chi connectivity index (χ3v) is 7.38. The fourth-order valence-electron chi connectivity index (χ4n) is 3.17. The first-order valence-corrected chi connectivity index (χ1v) is 11.3. The highest BCUT2D eigenvalue weighted by Crippen LogP contribution is 2.29. The summed E-state index contributed by atoms with van der Waals surface area (Å²) >= 11 is 1.06. The number of thiazole rings is 1. The molecule has 1 aromatic heterocycles. The average molecular weight is 437 g/mol. The molecule has 0 radical (unpaired) electrons. The molecule has 0 saturated heterocycles. The fraction of sp³-hybridized carbons (Fsp3) is 0.350. The highest BCUT2D eigenvalue weighted by Gasteiger charge is 2.23. The Balaban J connectivity index is 1.93.